The molecule has 5 heteroatoms. The van der Waals surface area contributed by atoms with Crippen molar-refractivity contribution in [3.05, 3.63) is 41.7 Å². The first-order valence-electron chi connectivity index (χ1n) is 6.47. The third kappa shape index (κ3) is 2.86. The van der Waals surface area contributed by atoms with E-state index in [9.17, 15) is 0 Å². The highest BCUT2D eigenvalue weighted by atomic mass is 15.2. The zero-order valence-corrected chi connectivity index (χ0v) is 11.9. The Morgan fingerprint density at radius 3 is 2.50 bits per heavy atom. The van der Waals surface area contributed by atoms with Crippen molar-refractivity contribution < 1.29 is 0 Å². The van der Waals surface area contributed by atoms with E-state index < -0.39 is 0 Å². The normalized spacial score (nSPS) is 9.90. The largest absolute Gasteiger partial charge is 0.373 e. The molecule has 0 aliphatic carbocycles. The lowest BCUT2D eigenvalue weighted by Gasteiger charge is -2.19. The van der Waals surface area contributed by atoms with Gasteiger partial charge in [0.15, 0.2) is 0 Å². The summed E-state index contributed by atoms with van der Waals surface area (Å²) in [5.41, 5.74) is 1.63. The first-order valence-corrected chi connectivity index (χ1v) is 6.47. The first-order chi connectivity index (χ1) is 9.67. The van der Waals surface area contributed by atoms with Crippen molar-refractivity contribution in [2.75, 3.05) is 24.3 Å². The van der Waals surface area contributed by atoms with E-state index in [1.807, 2.05) is 44.1 Å². The van der Waals surface area contributed by atoms with Gasteiger partial charge in [-0.15, -0.1) is 0 Å². The number of aryl methyl sites for hydroxylation is 1. The average molecular weight is 267 g/mol. The van der Waals surface area contributed by atoms with Crippen molar-refractivity contribution in [3.8, 4) is 6.07 Å². The van der Waals surface area contributed by atoms with Crippen LogP contribution in [0.4, 0.5) is 17.3 Å². The standard InChI is InChI=1S/C15H17N5/c1-4-13-18-14(17-2)9-15(19-13)20(3)12-7-5-11(10-16)6-8-12/h5-9H,4H2,1-3H3,(H,17,18,19). The van der Waals surface area contributed by atoms with Gasteiger partial charge in [-0.1, -0.05) is 6.92 Å². The van der Waals surface area contributed by atoms with Crippen molar-refractivity contribution in [1.82, 2.24) is 9.97 Å². The van der Waals surface area contributed by atoms with E-state index in [1.54, 1.807) is 12.1 Å². The molecule has 0 saturated carbocycles. The Labute approximate surface area is 118 Å². The molecule has 0 aliphatic heterocycles. The van der Waals surface area contributed by atoms with Crippen LogP contribution in [0.25, 0.3) is 0 Å². The van der Waals surface area contributed by atoms with Crippen molar-refractivity contribution in [2.24, 2.45) is 0 Å². The lowest BCUT2D eigenvalue weighted by Crippen LogP contribution is -2.13. The molecule has 1 aromatic carbocycles. The van der Waals surface area contributed by atoms with Gasteiger partial charge in [0.05, 0.1) is 11.6 Å². The van der Waals surface area contributed by atoms with Crippen LogP contribution in [0.2, 0.25) is 0 Å². The van der Waals surface area contributed by atoms with Crippen LogP contribution in [0.15, 0.2) is 30.3 Å². The Morgan fingerprint density at radius 2 is 1.95 bits per heavy atom. The molecule has 2 aromatic rings. The molecule has 0 bridgehead atoms. The summed E-state index contributed by atoms with van der Waals surface area (Å²) >= 11 is 0. The molecule has 0 amide bonds. The second-order valence-corrected chi connectivity index (χ2v) is 4.35. The number of hydrogen-bond donors (Lipinski definition) is 1. The van der Waals surface area contributed by atoms with Crippen molar-refractivity contribution in [1.29, 1.82) is 5.26 Å². The van der Waals surface area contributed by atoms with E-state index in [4.69, 9.17) is 5.26 Å². The highest BCUT2D eigenvalue weighted by molar-refractivity contribution is 5.62. The maximum absolute atomic E-state index is 8.83. The highest BCUT2D eigenvalue weighted by Crippen LogP contribution is 2.23. The number of nitrogens with one attached hydrogen (secondary N) is 1. The number of hydrogen-bond acceptors (Lipinski definition) is 5. The van der Waals surface area contributed by atoms with Gasteiger partial charge < -0.3 is 10.2 Å². The van der Waals surface area contributed by atoms with Gasteiger partial charge in [-0.2, -0.15) is 5.26 Å². The summed E-state index contributed by atoms with van der Waals surface area (Å²) in [5, 5.41) is 11.9. The van der Waals surface area contributed by atoms with Gasteiger partial charge in [0.25, 0.3) is 0 Å². The van der Waals surface area contributed by atoms with Gasteiger partial charge in [-0.3, -0.25) is 0 Å². The molecule has 5 nitrogen and oxygen atoms in total. The number of nitriles is 1. The molecule has 0 radical (unpaired) electrons. The minimum atomic E-state index is 0.648. The summed E-state index contributed by atoms with van der Waals surface area (Å²) in [6.45, 7) is 2.03. The van der Waals surface area contributed by atoms with Gasteiger partial charge in [0, 0.05) is 32.3 Å². The molecule has 20 heavy (non-hydrogen) atoms. The summed E-state index contributed by atoms with van der Waals surface area (Å²) in [5.74, 6) is 2.42. The topological polar surface area (TPSA) is 64.8 Å². The summed E-state index contributed by atoms with van der Waals surface area (Å²) in [6.07, 6.45) is 0.781. The second kappa shape index (κ2) is 6.02. The molecule has 0 atom stereocenters. The average Bonchev–Trinajstić information content (AvgIpc) is 2.53. The van der Waals surface area contributed by atoms with Crippen LogP contribution < -0.4 is 10.2 Å². The molecule has 2 rings (SSSR count). The maximum atomic E-state index is 8.83. The zero-order chi connectivity index (χ0) is 14.5. The van der Waals surface area contributed by atoms with Crippen LogP contribution in [-0.4, -0.2) is 24.1 Å². The minimum absolute atomic E-state index is 0.648. The van der Waals surface area contributed by atoms with E-state index >= 15 is 0 Å². The fourth-order valence-electron chi connectivity index (χ4n) is 1.83. The predicted octanol–water partition coefficient (Wildman–Crippen LogP) is 2.72. The van der Waals surface area contributed by atoms with Crippen molar-refractivity contribution in [2.45, 2.75) is 13.3 Å². The Balaban J connectivity index is 2.36. The number of nitrogens with zero attached hydrogens (tertiary/aromatic N) is 4. The summed E-state index contributed by atoms with van der Waals surface area (Å²) < 4.78 is 0. The Kier molecular flexibility index (Phi) is 4.16. The van der Waals surface area contributed by atoms with Gasteiger partial charge in [0.1, 0.15) is 17.5 Å². The molecule has 102 valence electrons. The third-order valence-electron chi connectivity index (χ3n) is 3.06. The monoisotopic (exact) mass is 267 g/mol. The van der Waals surface area contributed by atoms with Crippen LogP contribution in [0.5, 0.6) is 0 Å². The molecule has 1 heterocycles. The number of aromatic nitrogens is 2. The van der Waals surface area contributed by atoms with E-state index in [0.717, 1.165) is 29.6 Å². The SMILES string of the molecule is CCc1nc(NC)cc(N(C)c2ccc(C#N)cc2)n1. The molecule has 0 unspecified atom stereocenters. The number of rotatable bonds is 4. The molecule has 0 fully saturated rings. The molecular weight excluding hydrogens is 250 g/mol. The Bertz CT molecular complexity index is 605. The van der Waals surface area contributed by atoms with Gasteiger partial charge in [-0.25, -0.2) is 9.97 Å². The molecular formula is C15H17N5. The minimum Gasteiger partial charge on any atom is -0.373 e. The summed E-state index contributed by atoms with van der Waals surface area (Å²) in [7, 11) is 3.79. The number of anilines is 3. The van der Waals surface area contributed by atoms with Crippen LogP contribution >= 0.6 is 0 Å². The highest BCUT2D eigenvalue weighted by Gasteiger charge is 2.09. The molecule has 0 aliphatic rings. The fourth-order valence-corrected chi connectivity index (χ4v) is 1.83. The van der Waals surface area contributed by atoms with Crippen molar-refractivity contribution in [3.63, 3.8) is 0 Å². The molecule has 0 saturated heterocycles. The fraction of sp³-hybridized carbons (Fsp3) is 0.267. The van der Waals surface area contributed by atoms with E-state index in [0.29, 0.717) is 5.56 Å². The maximum Gasteiger partial charge on any atom is 0.138 e. The predicted molar refractivity (Wildman–Crippen MR) is 80.2 cm³/mol. The van der Waals surface area contributed by atoms with Gasteiger partial charge in [0.2, 0.25) is 0 Å². The zero-order valence-electron chi connectivity index (χ0n) is 11.9. The summed E-state index contributed by atoms with van der Waals surface area (Å²) in [4.78, 5) is 10.9. The van der Waals surface area contributed by atoms with E-state index in [-0.39, 0.29) is 0 Å². The van der Waals surface area contributed by atoms with Crippen LogP contribution in [0, 0.1) is 11.3 Å². The van der Waals surface area contributed by atoms with Crippen LogP contribution in [0.3, 0.4) is 0 Å². The van der Waals surface area contributed by atoms with E-state index in [2.05, 4.69) is 21.4 Å². The summed E-state index contributed by atoms with van der Waals surface area (Å²) in [6, 6.07) is 11.4. The molecule has 1 N–H and O–H groups in total. The van der Waals surface area contributed by atoms with Gasteiger partial charge in [-0.05, 0) is 24.3 Å². The quantitative estimate of drug-likeness (QED) is 0.922. The lowest BCUT2D eigenvalue weighted by molar-refractivity contribution is 0.927. The second-order valence-electron chi connectivity index (χ2n) is 4.35. The van der Waals surface area contributed by atoms with E-state index in [1.165, 1.54) is 0 Å². The smallest absolute Gasteiger partial charge is 0.138 e. The molecule has 0 spiro atoms. The van der Waals surface area contributed by atoms with Crippen molar-refractivity contribution >= 4 is 17.3 Å². The Hall–Kier alpha value is -2.61. The van der Waals surface area contributed by atoms with Crippen LogP contribution in [-0.2, 0) is 6.42 Å². The third-order valence-corrected chi connectivity index (χ3v) is 3.06. The van der Waals surface area contributed by atoms with Gasteiger partial charge >= 0.3 is 0 Å². The lowest BCUT2D eigenvalue weighted by atomic mass is 10.2. The number of benzene rings is 1. The first kappa shape index (κ1) is 13.8. The van der Waals surface area contributed by atoms with Crippen LogP contribution in [0.1, 0.15) is 18.3 Å². The molecule has 1 aromatic heterocycles. The Morgan fingerprint density at radius 1 is 1.25 bits per heavy atom.